The standard InChI is InChI=1S/C16H26N2O2.C2H6.H2/c1-6-18(16(4,5)11-19)10-14(20)17-15-12(2)8-7-9-13(15)3;1-2;/h7-9,19H,6,10-11H2,1-5H3,(H,17,20);1-2H3;1H. The lowest BCUT2D eigenvalue weighted by atomic mass is 10.0. The van der Waals surface area contributed by atoms with Gasteiger partial charge in [0.1, 0.15) is 0 Å². The molecule has 0 spiro atoms. The van der Waals surface area contributed by atoms with E-state index < -0.39 is 5.54 Å². The number of anilines is 1. The topological polar surface area (TPSA) is 52.6 Å². The highest BCUT2D eigenvalue weighted by Crippen LogP contribution is 2.20. The number of para-hydroxylation sites is 1. The van der Waals surface area contributed by atoms with E-state index >= 15 is 0 Å². The molecule has 0 saturated heterocycles. The normalized spacial score (nSPS) is 11.0. The van der Waals surface area contributed by atoms with Gasteiger partial charge in [0, 0.05) is 12.7 Å². The molecule has 0 saturated carbocycles. The number of carbonyl (C=O) groups excluding carboxylic acids is 1. The summed E-state index contributed by atoms with van der Waals surface area (Å²) in [6, 6.07) is 5.95. The number of hydrogen-bond donors (Lipinski definition) is 2. The van der Waals surface area contributed by atoms with Gasteiger partial charge in [-0.15, -0.1) is 0 Å². The molecule has 22 heavy (non-hydrogen) atoms. The number of aryl methyl sites for hydroxylation is 2. The first-order valence-corrected chi connectivity index (χ1v) is 8.03. The minimum absolute atomic E-state index is 0. The van der Waals surface area contributed by atoms with Crippen molar-refractivity contribution in [2.75, 3.05) is 25.0 Å². The van der Waals surface area contributed by atoms with Crippen LogP contribution >= 0.6 is 0 Å². The Labute approximate surface area is 137 Å². The summed E-state index contributed by atoms with van der Waals surface area (Å²) in [5, 5.41) is 12.4. The Morgan fingerprint density at radius 1 is 1.27 bits per heavy atom. The molecule has 0 aliphatic carbocycles. The molecule has 0 unspecified atom stereocenters. The number of aliphatic hydroxyl groups excluding tert-OH is 1. The van der Waals surface area contributed by atoms with Gasteiger partial charge in [0.25, 0.3) is 0 Å². The summed E-state index contributed by atoms with van der Waals surface area (Å²) in [7, 11) is 0. The molecular weight excluding hydrogens is 276 g/mol. The first-order valence-electron chi connectivity index (χ1n) is 8.03. The summed E-state index contributed by atoms with van der Waals surface area (Å²) in [6.45, 7) is 14.8. The molecule has 0 aromatic heterocycles. The molecule has 0 bridgehead atoms. The minimum atomic E-state index is -0.396. The Morgan fingerprint density at radius 3 is 2.18 bits per heavy atom. The van der Waals surface area contributed by atoms with Gasteiger partial charge in [0.05, 0.1) is 13.2 Å². The van der Waals surface area contributed by atoms with Gasteiger partial charge in [0.2, 0.25) is 5.91 Å². The molecule has 1 rings (SSSR count). The van der Waals surface area contributed by atoms with Gasteiger partial charge in [-0.1, -0.05) is 39.0 Å². The van der Waals surface area contributed by atoms with Gasteiger partial charge in [-0.25, -0.2) is 0 Å². The van der Waals surface area contributed by atoms with Crippen molar-refractivity contribution in [1.29, 1.82) is 0 Å². The van der Waals surface area contributed by atoms with Crippen molar-refractivity contribution in [3.63, 3.8) is 0 Å². The summed E-state index contributed by atoms with van der Waals surface area (Å²) in [4.78, 5) is 14.2. The predicted octanol–water partition coefficient (Wildman–Crippen LogP) is 3.61. The number of rotatable bonds is 6. The highest BCUT2D eigenvalue weighted by atomic mass is 16.3. The predicted molar refractivity (Wildman–Crippen MR) is 96.4 cm³/mol. The first kappa shape index (κ1) is 20.6. The monoisotopic (exact) mass is 310 g/mol. The fraction of sp³-hybridized carbons (Fsp3) is 0.611. The number of carbonyl (C=O) groups is 1. The zero-order valence-electron chi connectivity index (χ0n) is 15.2. The second kappa shape index (κ2) is 9.59. The number of nitrogens with zero attached hydrogens (tertiary/aromatic N) is 1. The number of nitrogens with one attached hydrogen (secondary N) is 1. The molecule has 0 radical (unpaired) electrons. The third-order valence-corrected chi connectivity index (χ3v) is 3.70. The number of hydrogen-bond acceptors (Lipinski definition) is 3. The molecule has 4 nitrogen and oxygen atoms in total. The molecule has 1 amide bonds. The van der Waals surface area contributed by atoms with Gasteiger partial charge in [-0.2, -0.15) is 0 Å². The zero-order valence-corrected chi connectivity index (χ0v) is 15.2. The molecule has 0 aliphatic heterocycles. The van der Waals surface area contributed by atoms with Gasteiger partial charge in [0.15, 0.2) is 0 Å². The lowest BCUT2D eigenvalue weighted by Gasteiger charge is -2.35. The van der Waals surface area contributed by atoms with E-state index in [4.69, 9.17) is 0 Å². The molecular formula is C18H34N2O2. The summed E-state index contributed by atoms with van der Waals surface area (Å²) in [6.07, 6.45) is 0. The van der Waals surface area contributed by atoms with E-state index in [1.807, 2.05) is 71.6 Å². The van der Waals surface area contributed by atoms with E-state index in [1.54, 1.807) is 0 Å². The third kappa shape index (κ3) is 5.78. The van der Waals surface area contributed by atoms with Crippen LogP contribution in [0.5, 0.6) is 0 Å². The van der Waals surface area contributed by atoms with Crippen LogP contribution in [0.1, 0.15) is 47.2 Å². The van der Waals surface area contributed by atoms with Crippen molar-refractivity contribution < 1.29 is 11.3 Å². The van der Waals surface area contributed by atoms with Crippen molar-refractivity contribution in [2.24, 2.45) is 0 Å². The van der Waals surface area contributed by atoms with Crippen LogP contribution in [0.15, 0.2) is 18.2 Å². The van der Waals surface area contributed by atoms with Crippen molar-refractivity contribution in [3.8, 4) is 0 Å². The van der Waals surface area contributed by atoms with Crippen LogP contribution in [0.25, 0.3) is 0 Å². The highest BCUT2D eigenvalue weighted by molar-refractivity contribution is 5.93. The summed E-state index contributed by atoms with van der Waals surface area (Å²) < 4.78 is 0. The van der Waals surface area contributed by atoms with Crippen LogP contribution < -0.4 is 5.32 Å². The fourth-order valence-corrected chi connectivity index (χ4v) is 2.22. The van der Waals surface area contributed by atoms with Crippen LogP contribution in [0.3, 0.4) is 0 Å². The molecule has 0 atom stereocenters. The number of amides is 1. The largest absolute Gasteiger partial charge is 0.394 e. The van der Waals surface area contributed by atoms with Crippen molar-refractivity contribution in [1.82, 2.24) is 4.90 Å². The Kier molecular flexibility index (Phi) is 8.99. The van der Waals surface area contributed by atoms with E-state index in [0.29, 0.717) is 6.54 Å². The Hall–Kier alpha value is -1.39. The van der Waals surface area contributed by atoms with Crippen LogP contribution in [0.2, 0.25) is 0 Å². The summed E-state index contributed by atoms with van der Waals surface area (Å²) >= 11 is 0. The molecule has 0 aliphatic rings. The van der Waals surface area contributed by atoms with Crippen LogP contribution in [0.4, 0.5) is 5.69 Å². The van der Waals surface area contributed by atoms with Crippen molar-refractivity contribution in [2.45, 2.75) is 54.0 Å². The third-order valence-electron chi connectivity index (χ3n) is 3.70. The molecule has 2 N–H and O–H groups in total. The number of benzene rings is 1. The quantitative estimate of drug-likeness (QED) is 0.844. The molecule has 0 heterocycles. The number of likely N-dealkylation sites (N-methyl/N-ethyl adjacent to an activating group) is 1. The van der Waals surface area contributed by atoms with Crippen LogP contribution in [-0.2, 0) is 4.79 Å². The summed E-state index contributed by atoms with van der Waals surface area (Å²) in [5.74, 6) is -0.0502. The Bertz CT molecular complexity index is 456. The molecule has 1 aromatic carbocycles. The maximum absolute atomic E-state index is 12.2. The average molecular weight is 310 g/mol. The first-order chi connectivity index (χ1) is 10.3. The van der Waals surface area contributed by atoms with Gasteiger partial charge in [-0.05, 0) is 45.4 Å². The second-order valence-electron chi connectivity index (χ2n) is 5.80. The fourth-order valence-electron chi connectivity index (χ4n) is 2.22. The van der Waals surface area contributed by atoms with Crippen LogP contribution in [-0.4, -0.2) is 41.1 Å². The van der Waals surface area contributed by atoms with Crippen molar-refractivity contribution in [3.05, 3.63) is 29.3 Å². The minimum Gasteiger partial charge on any atom is -0.394 e. The van der Waals surface area contributed by atoms with E-state index in [2.05, 4.69) is 5.32 Å². The van der Waals surface area contributed by atoms with E-state index in [0.717, 1.165) is 16.8 Å². The Morgan fingerprint density at radius 2 is 1.77 bits per heavy atom. The lowest BCUT2D eigenvalue weighted by molar-refractivity contribution is -0.119. The zero-order chi connectivity index (χ0) is 17.3. The van der Waals surface area contributed by atoms with Gasteiger partial charge in [-0.3, -0.25) is 9.69 Å². The van der Waals surface area contributed by atoms with E-state index in [-0.39, 0.29) is 20.5 Å². The molecule has 4 heteroatoms. The smallest absolute Gasteiger partial charge is 0.238 e. The Balaban J connectivity index is 0. The molecule has 1 aromatic rings. The maximum Gasteiger partial charge on any atom is 0.238 e. The van der Waals surface area contributed by atoms with Crippen LogP contribution in [0, 0.1) is 13.8 Å². The lowest BCUT2D eigenvalue weighted by Crippen LogP contribution is -2.49. The highest BCUT2D eigenvalue weighted by Gasteiger charge is 2.26. The SMILES string of the molecule is CC.CCN(CC(=O)Nc1c(C)cccc1C)C(C)(C)CO.[HH]. The average Bonchev–Trinajstić information content (AvgIpc) is 2.50. The van der Waals surface area contributed by atoms with E-state index in [9.17, 15) is 9.90 Å². The molecule has 0 fully saturated rings. The maximum atomic E-state index is 12.2. The number of aliphatic hydroxyl groups is 1. The van der Waals surface area contributed by atoms with Crippen molar-refractivity contribution >= 4 is 11.6 Å². The van der Waals surface area contributed by atoms with Gasteiger partial charge < -0.3 is 10.4 Å². The molecule has 128 valence electrons. The van der Waals surface area contributed by atoms with E-state index in [1.165, 1.54) is 0 Å². The summed E-state index contributed by atoms with van der Waals surface area (Å²) in [5.41, 5.74) is 2.60. The second-order valence-corrected chi connectivity index (χ2v) is 5.80. The van der Waals surface area contributed by atoms with Gasteiger partial charge >= 0.3 is 0 Å².